The number of aromatic carboxylic acids is 1. The fourth-order valence-electron chi connectivity index (χ4n) is 5.60. The van der Waals surface area contributed by atoms with Crippen molar-refractivity contribution >= 4 is 86.3 Å². The molecular formula is C40H26Cl2N4O4S. The second-order valence-corrected chi connectivity index (χ2v) is 13.3. The van der Waals surface area contributed by atoms with E-state index in [1.807, 2.05) is 54.6 Å². The number of carbonyl (C=O) groups is 3. The number of fused-ring (bicyclic) bond motifs is 1. The molecule has 1 unspecified atom stereocenters. The van der Waals surface area contributed by atoms with Gasteiger partial charge in [0.15, 0.2) is 5.17 Å². The number of aromatic nitrogens is 1. The van der Waals surface area contributed by atoms with Gasteiger partial charge < -0.3 is 10.4 Å². The van der Waals surface area contributed by atoms with Gasteiger partial charge >= 0.3 is 5.97 Å². The highest BCUT2D eigenvalue weighted by Crippen LogP contribution is 2.39. The van der Waals surface area contributed by atoms with E-state index in [1.165, 1.54) is 4.90 Å². The number of amides is 2. The molecule has 250 valence electrons. The zero-order valence-electron chi connectivity index (χ0n) is 26.5. The summed E-state index contributed by atoms with van der Waals surface area (Å²) in [6.07, 6.45) is 1.59. The van der Waals surface area contributed by atoms with Crippen LogP contribution in [0.5, 0.6) is 0 Å². The molecule has 1 aromatic heterocycles. The van der Waals surface area contributed by atoms with E-state index in [0.717, 1.165) is 11.8 Å². The van der Waals surface area contributed by atoms with Crippen molar-refractivity contribution in [2.75, 3.05) is 10.2 Å². The number of hydrogen-bond donors (Lipinski definition) is 2. The van der Waals surface area contributed by atoms with Gasteiger partial charge in [-0.1, -0.05) is 126 Å². The first-order valence-electron chi connectivity index (χ1n) is 15.7. The molecule has 2 amide bonds. The molecule has 0 aliphatic carbocycles. The Kier molecular flexibility index (Phi) is 9.68. The summed E-state index contributed by atoms with van der Waals surface area (Å²) in [7, 11) is 0. The van der Waals surface area contributed by atoms with E-state index in [1.54, 1.807) is 84.9 Å². The second kappa shape index (κ2) is 14.6. The summed E-state index contributed by atoms with van der Waals surface area (Å²) in [6, 6.07) is 39.1. The summed E-state index contributed by atoms with van der Waals surface area (Å²) in [5.41, 5.74) is 4.39. The monoisotopic (exact) mass is 728 g/mol. The van der Waals surface area contributed by atoms with Crippen LogP contribution in [-0.4, -0.2) is 33.0 Å². The Morgan fingerprint density at radius 2 is 1.51 bits per heavy atom. The summed E-state index contributed by atoms with van der Waals surface area (Å²) in [4.78, 5) is 50.8. The number of carboxylic acids is 1. The molecule has 0 spiro atoms. The number of nitrogens with one attached hydrogen (secondary N) is 1. The van der Waals surface area contributed by atoms with E-state index < -0.39 is 11.2 Å². The lowest BCUT2D eigenvalue weighted by molar-refractivity contribution is -0.116. The maximum absolute atomic E-state index is 14.1. The van der Waals surface area contributed by atoms with Crippen molar-refractivity contribution < 1.29 is 19.5 Å². The number of pyridine rings is 1. The van der Waals surface area contributed by atoms with Gasteiger partial charge in [0.2, 0.25) is 5.91 Å². The number of carbonyl (C=O) groups excluding carboxylic acids is 2. The van der Waals surface area contributed by atoms with Gasteiger partial charge in [-0.3, -0.25) is 14.5 Å². The maximum Gasteiger partial charge on any atom is 0.336 e. The minimum atomic E-state index is -1.04. The van der Waals surface area contributed by atoms with E-state index in [4.69, 9.17) is 28.2 Å². The van der Waals surface area contributed by atoms with E-state index in [9.17, 15) is 19.5 Å². The van der Waals surface area contributed by atoms with Gasteiger partial charge in [-0.25, -0.2) is 14.8 Å². The average molecular weight is 730 g/mol. The molecule has 2 N–H and O–H groups in total. The van der Waals surface area contributed by atoms with Crippen LogP contribution in [0.4, 0.5) is 11.4 Å². The Balaban J connectivity index is 1.20. The quantitative estimate of drug-likeness (QED) is 0.151. The predicted octanol–water partition coefficient (Wildman–Crippen LogP) is 9.76. The highest BCUT2D eigenvalue weighted by Gasteiger charge is 2.36. The molecule has 1 atom stereocenters. The zero-order chi connectivity index (χ0) is 35.5. The highest BCUT2D eigenvalue weighted by molar-refractivity contribution is 8.15. The summed E-state index contributed by atoms with van der Waals surface area (Å²) >= 11 is 13.8. The van der Waals surface area contributed by atoms with Crippen molar-refractivity contribution in [3.8, 4) is 11.3 Å². The number of halogens is 2. The van der Waals surface area contributed by atoms with Gasteiger partial charge in [-0.15, -0.1) is 0 Å². The Bertz CT molecular complexity index is 2370. The third-order valence-corrected chi connectivity index (χ3v) is 10.1. The number of nitrogens with zero attached hydrogens (tertiary/aromatic N) is 3. The molecule has 0 bridgehead atoms. The van der Waals surface area contributed by atoms with Crippen molar-refractivity contribution in [2.24, 2.45) is 4.99 Å². The van der Waals surface area contributed by atoms with Crippen molar-refractivity contribution in [1.29, 1.82) is 0 Å². The highest BCUT2D eigenvalue weighted by atomic mass is 35.5. The van der Waals surface area contributed by atoms with Gasteiger partial charge in [0, 0.05) is 16.6 Å². The normalized spacial score (nSPS) is 14.1. The molecule has 7 rings (SSSR count). The predicted molar refractivity (Wildman–Crippen MR) is 205 cm³/mol. The number of thioether (sulfide) groups is 1. The molecule has 6 aromatic rings. The third kappa shape index (κ3) is 7.13. The van der Waals surface area contributed by atoms with Crippen molar-refractivity contribution in [2.45, 2.75) is 5.25 Å². The van der Waals surface area contributed by atoms with E-state index >= 15 is 0 Å². The average Bonchev–Trinajstić information content (AvgIpc) is 3.46. The Labute approximate surface area is 307 Å². The number of anilines is 2. The van der Waals surface area contributed by atoms with Gasteiger partial charge in [0.05, 0.1) is 32.5 Å². The van der Waals surface area contributed by atoms with Crippen LogP contribution in [0.3, 0.4) is 0 Å². The van der Waals surface area contributed by atoms with E-state index in [-0.39, 0.29) is 23.1 Å². The lowest BCUT2D eigenvalue weighted by atomic mass is 10.0. The van der Waals surface area contributed by atoms with Crippen LogP contribution in [0.15, 0.2) is 144 Å². The summed E-state index contributed by atoms with van der Waals surface area (Å²) in [5.74, 6) is -1.76. The second-order valence-electron chi connectivity index (χ2n) is 11.4. The molecule has 51 heavy (non-hydrogen) atoms. The smallest absolute Gasteiger partial charge is 0.336 e. The largest absolute Gasteiger partial charge is 0.478 e. The molecule has 0 fully saturated rings. The van der Waals surface area contributed by atoms with Crippen LogP contribution >= 0.6 is 35.0 Å². The number of carboxylic acid groups (broad SMARTS) is 1. The molecule has 2 heterocycles. The molecule has 5 aromatic carbocycles. The van der Waals surface area contributed by atoms with Crippen molar-refractivity contribution in [3.05, 3.63) is 166 Å². The Morgan fingerprint density at radius 1 is 0.824 bits per heavy atom. The number of para-hydroxylation sites is 2. The standard InChI is InChI=1S/C40H26Cl2N4O4S/c41-31-16-9-12-26(35(31)42)22-34-38(48)46(28-13-5-2-6-14-28)40(45-34)51-36(25-10-3-1-4-11-25)37(47)43-27-20-18-24(19-21-27)33-23-30(39(49)50)29-15-7-8-17-32(29)44-33/h1-23,36H,(H,43,47)(H,49,50)/b34-22-. The molecule has 0 saturated carbocycles. The third-order valence-electron chi connectivity index (χ3n) is 8.08. The SMILES string of the molecule is O=C(O)c1cc(-c2ccc(NC(=O)C(SC3=N/C(=C\c4cccc(Cl)c4Cl)C(=O)N3c3ccccc3)c3ccccc3)cc2)nc2ccccc12. The fraction of sp³-hybridized carbons (Fsp3) is 0.0250. The molecule has 11 heteroatoms. The van der Waals surface area contributed by atoms with E-state index in [2.05, 4.69) is 10.3 Å². The maximum atomic E-state index is 14.1. The summed E-state index contributed by atoms with van der Waals surface area (Å²) in [5, 5.41) is 13.5. The molecular weight excluding hydrogens is 703 g/mol. The van der Waals surface area contributed by atoms with Crippen LogP contribution in [0.25, 0.3) is 28.2 Å². The van der Waals surface area contributed by atoms with Crippen LogP contribution in [0.2, 0.25) is 10.0 Å². The lowest BCUT2D eigenvalue weighted by Gasteiger charge is -2.22. The molecule has 1 aliphatic heterocycles. The number of hydrogen-bond acceptors (Lipinski definition) is 6. The Morgan fingerprint density at radius 3 is 2.24 bits per heavy atom. The topological polar surface area (TPSA) is 112 Å². The minimum Gasteiger partial charge on any atom is -0.478 e. The van der Waals surface area contributed by atoms with Crippen LogP contribution in [-0.2, 0) is 9.59 Å². The summed E-state index contributed by atoms with van der Waals surface area (Å²) < 4.78 is 0. The zero-order valence-corrected chi connectivity index (χ0v) is 28.9. The number of benzene rings is 5. The van der Waals surface area contributed by atoms with Crippen molar-refractivity contribution in [1.82, 2.24) is 4.98 Å². The van der Waals surface area contributed by atoms with Gasteiger partial charge in [0.1, 0.15) is 10.9 Å². The lowest BCUT2D eigenvalue weighted by Crippen LogP contribution is -2.32. The van der Waals surface area contributed by atoms with Gasteiger partial charge in [-0.05, 0) is 59.7 Å². The van der Waals surface area contributed by atoms with Gasteiger partial charge in [0.25, 0.3) is 5.91 Å². The molecule has 0 saturated heterocycles. The van der Waals surface area contributed by atoms with Crippen LogP contribution < -0.4 is 10.2 Å². The van der Waals surface area contributed by atoms with Crippen LogP contribution in [0.1, 0.15) is 26.7 Å². The molecule has 0 radical (unpaired) electrons. The molecule has 8 nitrogen and oxygen atoms in total. The van der Waals surface area contributed by atoms with Crippen molar-refractivity contribution in [3.63, 3.8) is 0 Å². The number of rotatable bonds is 8. The van der Waals surface area contributed by atoms with Crippen LogP contribution in [0, 0.1) is 0 Å². The molecule has 1 aliphatic rings. The first-order chi connectivity index (χ1) is 24.8. The van der Waals surface area contributed by atoms with E-state index in [0.29, 0.717) is 59.9 Å². The Hall–Kier alpha value is -5.74. The van der Waals surface area contributed by atoms with Gasteiger partial charge in [-0.2, -0.15) is 0 Å². The number of aliphatic imine (C=N–C) groups is 1. The minimum absolute atomic E-state index is 0.140. The first kappa shape index (κ1) is 33.7. The fourth-order valence-corrected chi connectivity index (χ4v) is 7.08. The summed E-state index contributed by atoms with van der Waals surface area (Å²) in [6.45, 7) is 0. The number of amidine groups is 1. The first-order valence-corrected chi connectivity index (χ1v) is 17.3.